The first-order valence-electron chi connectivity index (χ1n) is 5.81. The van der Waals surface area contributed by atoms with Gasteiger partial charge in [0.25, 0.3) is 15.0 Å². The minimum absolute atomic E-state index is 0.109. The third-order valence-electron chi connectivity index (χ3n) is 2.52. The Hall–Kier alpha value is -1.05. The van der Waals surface area contributed by atoms with E-state index in [1.807, 2.05) is 6.92 Å². The first-order chi connectivity index (χ1) is 8.88. The lowest BCUT2D eigenvalue weighted by Crippen LogP contribution is -2.38. The number of carbonyl (C=O) groups excluding carboxylic acids is 1. The standard InChI is InChI=1S/C11H17ClN2O4S/c1-3-4-8(7-18-2)14-11(15)10-5-9(6-13-10)19(12,16)17/h5-6,8,13H,3-4,7H2,1-2H3,(H,14,15). The van der Waals surface area contributed by atoms with Crippen LogP contribution in [0.2, 0.25) is 0 Å². The summed E-state index contributed by atoms with van der Waals surface area (Å²) < 4.78 is 27.2. The van der Waals surface area contributed by atoms with Crippen molar-refractivity contribution in [2.24, 2.45) is 0 Å². The summed E-state index contributed by atoms with van der Waals surface area (Å²) in [7, 11) is 2.91. The van der Waals surface area contributed by atoms with E-state index < -0.39 is 9.05 Å². The highest BCUT2D eigenvalue weighted by atomic mass is 35.7. The molecule has 6 nitrogen and oxygen atoms in total. The van der Waals surface area contributed by atoms with Gasteiger partial charge in [-0.1, -0.05) is 13.3 Å². The lowest BCUT2D eigenvalue weighted by molar-refractivity contribution is 0.0887. The number of halogens is 1. The van der Waals surface area contributed by atoms with Crippen molar-refractivity contribution >= 4 is 25.6 Å². The summed E-state index contributed by atoms with van der Waals surface area (Å²) in [5.41, 5.74) is 0.149. The smallest absolute Gasteiger partial charge is 0.268 e. The molecular weight excluding hydrogens is 292 g/mol. The summed E-state index contributed by atoms with van der Waals surface area (Å²) in [5.74, 6) is -0.387. The Labute approximate surface area is 116 Å². The molecule has 1 atom stereocenters. The number of amides is 1. The van der Waals surface area contributed by atoms with Crippen LogP contribution in [0.1, 0.15) is 30.3 Å². The molecule has 1 aromatic heterocycles. The fourth-order valence-corrected chi connectivity index (χ4v) is 2.38. The van der Waals surface area contributed by atoms with E-state index in [0.29, 0.717) is 6.61 Å². The monoisotopic (exact) mass is 308 g/mol. The zero-order valence-corrected chi connectivity index (χ0v) is 12.3. The highest BCUT2D eigenvalue weighted by Gasteiger charge is 2.18. The molecule has 0 aliphatic rings. The zero-order chi connectivity index (χ0) is 14.5. The van der Waals surface area contributed by atoms with Crippen molar-refractivity contribution in [1.29, 1.82) is 0 Å². The van der Waals surface area contributed by atoms with Gasteiger partial charge in [-0.2, -0.15) is 0 Å². The predicted octanol–water partition coefficient (Wildman–Crippen LogP) is 1.49. The molecule has 0 spiro atoms. The maximum atomic E-state index is 11.9. The molecule has 0 fully saturated rings. The van der Waals surface area contributed by atoms with Crippen LogP contribution >= 0.6 is 10.7 Å². The normalized spacial score (nSPS) is 13.2. The van der Waals surface area contributed by atoms with Gasteiger partial charge in [-0.15, -0.1) is 0 Å². The fraction of sp³-hybridized carbons (Fsp3) is 0.545. The maximum absolute atomic E-state index is 11.9. The van der Waals surface area contributed by atoms with Crippen molar-refractivity contribution in [3.8, 4) is 0 Å². The van der Waals surface area contributed by atoms with E-state index >= 15 is 0 Å². The van der Waals surface area contributed by atoms with E-state index in [1.54, 1.807) is 7.11 Å². The van der Waals surface area contributed by atoms with Gasteiger partial charge >= 0.3 is 0 Å². The van der Waals surface area contributed by atoms with Crippen molar-refractivity contribution < 1.29 is 17.9 Å². The minimum Gasteiger partial charge on any atom is -0.383 e. The number of rotatable bonds is 7. The number of aromatic amines is 1. The van der Waals surface area contributed by atoms with Gasteiger partial charge in [-0.25, -0.2) is 8.42 Å². The molecule has 0 aliphatic heterocycles. The Bertz CT molecular complexity index is 521. The molecule has 1 rings (SSSR count). The van der Waals surface area contributed by atoms with E-state index in [-0.39, 0.29) is 22.5 Å². The molecule has 1 unspecified atom stereocenters. The zero-order valence-electron chi connectivity index (χ0n) is 10.8. The van der Waals surface area contributed by atoms with Crippen LogP contribution in [-0.4, -0.2) is 39.1 Å². The molecule has 108 valence electrons. The topological polar surface area (TPSA) is 88.3 Å². The van der Waals surface area contributed by atoms with E-state index in [0.717, 1.165) is 12.8 Å². The Balaban J connectivity index is 2.74. The van der Waals surface area contributed by atoms with E-state index in [2.05, 4.69) is 10.3 Å². The molecule has 2 N–H and O–H groups in total. The number of methoxy groups -OCH3 is 1. The van der Waals surface area contributed by atoms with Crippen LogP contribution < -0.4 is 5.32 Å². The van der Waals surface area contributed by atoms with Crippen LogP contribution in [-0.2, 0) is 13.8 Å². The van der Waals surface area contributed by atoms with Gasteiger partial charge in [0.15, 0.2) is 0 Å². The Morgan fingerprint density at radius 3 is 2.74 bits per heavy atom. The SMILES string of the molecule is CCCC(COC)NC(=O)c1cc(S(=O)(=O)Cl)c[nH]1. The van der Waals surface area contributed by atoms with Crippen LogP contribution in [0.15, 0.2) is 17.2 Å². The summed E-state index contributed by atoms with van der Waals surface area (Å²) >= 11 is 0. The van der Waals surface area contributed by atoms with Gasteiger partial charge in [0.05, 0.1) is 12.6 Å². The lowest BCUT2D eigenvalue weighted by Gasteiger charge is -2.16. The average Bonchev–Trinajstić information content (AvgIpc) is 2.78. The minimum atomic E-state index is -3.83. The lowest BCUT2D eigenvalue weighted by atomic mass is 10.2. The van der Waals surface area contributed by atoms with Gasteiger partial charge in [0.1, 0.15) is 10.6 Å². The van der Waals surface area contributed by atoms with Crippen molar-refractivity contribution in [3.05, 3.63) is 18.0 Å². The molecule has 1 amide bonds. The number of nitrogens with one attached hydrogen (secondary N) is 2. The molecule has 8 heteroatoms. The van der Waals surface area contributed by atoms with Gasteiger partial charge in [-0.3, -0.25) is 4.79 Å². The highest BCUT2D eigenvalue weighted by Crippen LogP contribution is 2.15. The second kappa shape index (κ2) is 6.93. The number of aromatic nitrogens is 1. The summed E-state index contributed by atoms with van der Waals surface area (Å²) in [4.78, 5) is 14.4. The molecule has 1 heterocycles. The Kier molecular flexibility index (Phi) is 5.84. The van der Waals surface area contributed by atoms with Crippen molar-refractivity contribution in [3.63, 3.8) is 0 Å². The number of H-pyrrole nitrogens is 1. The summed E-state index contributed by atoms with van der Waals surface area (Å²) in [6.07, 6.45) is 2.86. The Morgan fingerprint density at radius 1 is 1.58 bits per heavy atom. The molecular formula is C11H17ClN2O4S. The van der Waals surface area contributed by atoms with Crippen molar-refractivity contribution in [1.82, 2.24) is 10.3 Å². The summed E-state index contributed by atoms with van der Waals surface area (Å²) in [6, 6.07) is 1.09. The Morgan fingerprint density at radius 2 is 2.26 bits per heavy atom. The molecule has 0 aromatic carbocycles. The quantitative estimate of drug-likeness (QED) is 0.747. The number of hydrogen-bond acceptors (Lipinski definition) is 4. The molecule has 1 aromatic rings. The van der Waals surface area contributed by atoms with Crippen molar-refractivity contribution in [2.75, 3.05) is 13.7 Å². The first-order valence-corrected chi connectivity index (χ1v) is 8.12. The second-order valence-corrected chi connectivity index (χ2v) is 6.67. The van der Waals surface area contributed by atoms with Gasteiger partial charge < -0.3 is 15.0 Å². The van der Waals surface area contributed by atoms with Crippen LogP contribution in [0, 0.1) is 0 Å². The predicted molar refractivity (Wildman–Crippen MR) is 71.9 cm³/mol. The number of ether oxygens (including phenoxy) is 1. The third-order valence-corrected chi connectivity index (χ3v) is 3.86. The van der Waals surface area contributed by atoms with Crippen LogP contribution in [0.25, 0.3) is 0 Å². The van der Waals surface area contributed by atoms with Crippen LogP contribution in [0.3, 0.4) is 0 Å². The third kappa shape index (κ3) is 4.85. The number of hydrogen-bond donors (Lipinski definition) is 2. The molecule has 0 radical (unpaired) electrons. The second-order valence-electron chi connectivity index (χ2n) is 4.10. The van der Waals surface area contributed by atoms with E-state index in [9.17, 15) is 13.2 Å². The highest BCUT2D eigenvalue weighted by molar-refractivity contribution is 8.13. The fourth-order valence-electron chi connectivity index (χ4n) is 1.66. The maximum Gasteiger partial charge on any atom is 0.268 e. The molecule has 0 saturated heterocycles. The van der Waals surface area contributed by atoms with Crippen LogP contribution in [0.5, 0.6) is 0 Å². The van der Waals surface area contributed by atoms with Gasteiger partial charge in [0, 0.05) is 24.0 Å². The first kappa shape index (κ1) is 16.0. The molecule has 19 heavy (non-hydrogen) atoms. The molecule has 0 aliphatic carbocycles. The number of carbonyl (C=O) groups is 1. The van der Waals surface area contributed by atoms with Crippen molar-refractivity contribution in [2.45, 2.75) is 30.7 Å². The van der Waals surface area contributed by atoms with E-state index in [4.69, 9.17) is 15.4 Å². The molecule has 0 bridgehead atoms. The molecule has 0 saturated carbocycles. The van der Waals surface area contributed by atoms with Crippen LogP contribution in [0.4, 0.5) is 0 Å². The summed E-state index contributed by atoms with van der Waals surface area (Å²) in [6.45, 7) is 2.41. The largest absolute Gasteiger partial charge is 0.383 e. The summed E-state index contributed by atoms with van der Waals surface area (Å²) in [5, 5.41) is 2.77. The van der Waals surface area contributed by atoms with E-state index in [1.165, 1.54) is 12.3 Å². The van der Waals surface area contributed by atoms with Gasteiger partial charge in [-0.05, 0) is 12.5 Å². The van der Waals surface area contributed by atoms with Gasteiger partial charge in [0.2, 0.25) is 0 Å². The average molecular weight is 309 g/mol.